The Morgan fingerprint density at radius 2 is 1.96 bits per heavy atom. The summed E-state index contributed by atoms with van der Waals surface area (Å²) in [4.78, 5) is 22.7. The lowest BCUT2D eigenvalue weighted by molar-refractivity contribution is 0.102. The normalized spacial score (nSPS) is 14.4. The Labute approximate surface area is 134 Å². The highest BCUT2D eigenvalue weighted by Gasteiger charge is 2.14. The summed E-state index contributed by atoms with van der Waals surface area (Å²) in [5, 5.41) is 2.79. The van der Waals surface area contributed by atoms with E-state index < -0.39 is 0 Å². The number of anilines is 2. The minimum atomic E-state index is -0.223. The molecule has 0 saturated carbocycles. The highest BCUT2D eigenvalue weighted by atomic mass is 16.5. The Hall–Kier alpha value is -2.67. The Morgan fingerprint density at radius 3 is 2.65 bits per heavy atom. The van der Waals surface area contributed by atoms with Crippen LogP contribution in [0.25, 0.3) is 0 Å². The van der Waals surface area contributed by atoms with Gasteiger partial charge in [0.1, 0.15) is 23.7 Å². The number of hydrogen-bond donors (Lipinski definition) is 1. The predicted molar refractivity (Wildman–Crippen MR) is 86.0 cm³/mol. The van der Waals surface area contributed by atoms with Crippen molar-refractivity contribution in [1.29, 1.82) is 0 Å². The fourth-order valence-electron chi connectivity index (χ4n) is 2.31. The number of carbonyl (C=O) groups is 1. The lowest BCUT2D eigenvalue weighted by Gasteiger charge is -2.27. The maximum atomic E-state index is 12.3. The molecule has 1 fully saturated rings. The molecule has 1 aromatic carbocycles. The third-order valence-electron chi connectivity index (χ3n) is 3.58. The smallest absolute Gasteiger partial charge is 0.256 e. The summed E-state index contributed by atoms with van der Waals surface area (Å²) in [5.41, 5.74) is 0.539. The average molecular weight is 314 g/mol. The summed E-state index contributed by atoms with van der Waals surface area (Å²) in [6.45, 7) is 2.92. The van der Waals surface area contributed by atoms with Crippen molar-refractivity contribution in [2.45, 2.75) is 0 Å². The minimum Gasteiger partial charge on any atom is -0.497 e. The lowest BCUT2D eigenvalue weighted by Crippen LogP contribution is -2.36. The van der Waals surface area contributed by atoms with Crippen molar-refractivity contribution in [2.75, 3.05) is 43.6 Å². The van der Waals surface area contributed by atoms with Crippen molar-refractivity contribution >= 4 is 17.5 Å². The van der Waals surface area contributed by atoms with Crippen molar-refractivity contribution in [3.8, 4) is 5.75 Å². The molecule has 1 amide bonds. The summed E-state index contributed by atoms with van der Waals surface area (Å²) in [6, 6.07) is 8.67. The van der Waals surface area contributed by atoms with Crippen LogP contribution in [0.1, 0.15) is 10.4 Å². The zero-order valence-electron chi connectivity index (χ0n) is 12.9. The molecule has 0 spiro atoms. The van der Waals surface area contributed by atoms with Crippen LogP contribution >= 0.6 is 0 Å². The van der Waals surface area contributed by atoms with Gasteiger partial charge < -0.3 is 19.7 Å². The molecule has 23 heavy (non-hydrogen) atoms. The largest absolute Gasteiger partial charge is 0.497 e. The molecular formula is C16H18N4O3. The molecular weight excluding hydrogens is 296 g/mol. The summed E-state index contributed by atoms with van der Waals surface area (Å²) in [5.74, 6) is 1.74. The third kappa shape index (κ3) is 3.75. The second-order valence-corrected chi connectivity index (χ2v) is 5.04. The summed E-state index contributed by atoms with van der Waals surface area (Å²) in [7, 11) is 1.59. The van der Waals surface area contributed by atoms with Crippen LogP contribution in [0, 0.1) is 0 Å². The number of benzene rings is 1. The summed E-state index contributed by atoms with van der Waals surface area (Å²) >= 11 is 0. The number of hydrogen-bond acceptors (Lipinski definition) is 6. The molecule has 7 heteroatoms. The van der Waals surface area contributed by atoms with Crippen molar-refractivity contribution in [1.82, 2.24) is 9.97 Å². The van der Waals surface area contributed by atoms with Gasteiger partial charge in [-0.3, -0.25) is 4.79 Å². The second-order valence-electron chi connectivity index (χ2n) is 5.04. The van der Waals surface area contributed by atoms with Gasteiger partial charge in [-0.05, 0) is 24.3 Å². The standard InChI is InChI=1S/C16H18N4O3/c1-22-13-4-2-12(3-5-13)16(21)19-14-10-15(18-11-17-14)20-6-8-23-9-7-20/h2-5,10-11H,6-9H2,1H3,(H,17,18,19,21). The molecule has 1 saturated heterocycles. The highest BCUT2D eigenvalue weighted by Crippen LogP contribution is 2.17. The van der Waals surface area contributed by atoms with E-state index in [0.29, 0.717) is 30.3 Å². The number of nitrogens with zero attached hydrogens (tertiary/aromatic N) is 3. The zero-order valence-corrected chi connectivity index (χ0v) is 12.9. The Balaban J connectivity index is 1.70. The predicted octanol–water partition coefficient (Wildman–Crippen LogP) is 1.57. The first-order valence-electron chi connectivity index (χ1n) is 7.36. The Morgan fingerprint density at radius 1 is 1.22 bits per heavy atom. The van der Waals surface area contributed by atoms with Crippen LogP contribution in [0.2, 0.25) is 0 Å². The molecule has 0 aliphatic carbocycles. The lowest BCUT2D eigenvalue weighted by atomic mass is 10.2. The Kier molecular flexibility index (Phi) is 4.68. The molecule has 1 aliphatic heterocycles. The van der Waals surface area contributed by atoms with Gasteiger partial charge in [0.2, 0.25) is 0 Å². The SMILES string of the molecule is COc1ccc(C(=O)Nc2cc(N3CCOCC3)ncn2)cc1. The maximum absolute atomic E-state index is 12.3. The molecule has 7 nitrogen and oxygen atoms in total. The second kappa shape index (κ2) is 7.06. The highest BCUT2D eigenvalue weighted by molar-refractivity contribution is 6.03. The van der Waals surface area contributed by atoms with Gasteiger partial charge in [-0.2, -0.15) is 0 Å². The van der Waals surface area contributed by atoms with Crippen LogP contribution in [0.5, 0.6) is 5.75 Å². The van der Waals surface area contributed by atoms with Gasteiger partial charge in [0.15, 0.2) is 0 Å². The van der Waals surface area contributed by atoms with E-state index in [4.69, 9.17) is 9.47 Å². The molecule has 0 radical (unpaired) electrons. The monoisotopic (exact) mass is 314 g/mol. The number of amides is 1. The van der Waals surface area contributed by atoms with Gasteiger partial charge in [0.25, 0.3) is 5.91 Å². The van der Waals surface area contributed by atoms with Crippen LogP contribution in [0.3, 0.4) is 0 Å². The van der Waals surface area contributed by atoms with Crippen LogP contribution < -0.4 is 15.0 Å². The van der Waals surface area contributed by atoms with Crippen molar-refractivity contribution < 1.29 is 14.3 Å². The van der Waals surface area contributed by atoms with E-state index in [2.05, 4.69) is 20.2 Å². The number of ether oxygens (including phenoxy) is 2. The number of morpholine rings is 1. The number of rotatable bonds is 4. The van der Waals surface area contributed by atoms with E-state index in [1.54, 1.807) is 37.4 Å². The molecule has 1 aromatic heterocycles. The van der Waals surface area contributed by atoms with Gasteiger partial charge in [0.05, 0.1) is 20.3 Å². The molecule has 2 heterocycles. The molecule has 1 aliphatic rings. The zero-order chi connectivity index (χ0) is 16.1. The van der Waals surface area contributed by atoms with Gasteiger partial charge >= 0.3 is 0 Å². The quantitative estimate of drug-likeness (QED) is 0.923. The molecule has 1 N–H and O–H groups in total. The van der Waals surface area contributed by atoms with E-state index in [-0.39, 0.29) is 5.91 Å². The average Bonchev–Trinajstić information content (AvgIpc) is 2.63. The number of aromatic nitrogens is 2. The number of methoxy groups -OCH3 is 1. The van der Waals surface area contributed by atoms with Crippen LogP contribution in [0.4, 0.5) is 11.6 Å². The van der Waals surface area contributed by atoms with E-state index in [1.807, 2.05) is 0 Å². The fraction of sp³-hybridized carbons (Fsp3) is 0.312. The van der Waals surface area contributed by atoms with Crippen LogP contribution in [-0.4, -0.2) is 49.3 Å². The molecule has 120 valence electrons. The van der Waals surface area contributed by atoms with Gasteiger partial charge in [-0.1, -0.05) is 0 Å². The van der Waals surface area contributed by atoms with Crippen molar-refractivity contribution in [2.24, 2.45) is 0 Å². The van der Waals surface area contributed by atoms with Gasteiger partial charge in [0, 0.05) is 24.7 Å². The van der Waals surface area contributed by atoms with E-state index in [9.17, 15) is 4.79 Å². The first-order valence-corrected chi connectivity index (χ1v) is 7.36. The minimum absolute atomic E-state index is 0.223. The van der Waals surface area contributed by atoms with Gasteiger partial charge in [-0.25, -0.2) is 9.97 Å². The van der Waals surface area contributed by atoms with Gasteiger partial charge in [-0.15, -0.1) is 0 Å². The molecule has 0 bridgehead atoms. The van der Waals surface area contributed by atoms with Crippen LogP contribution in [-0.2, 0) is 4.74 Å². The first kappa shape index (κ1) is 15.2. The Bertz CT molecular complexity index is 669. The van der Waals surface area contributed by atoms with E-state index in [0.717, 1.165) is 18.9 Å². The third-order valence-corrected chi connectivity index (χ3v) is 3.58. The summed E-state index contributed by atoms with van der Waals surface area (Å²) < 4.78 is 10.4. The van der Waals surface area contributed by atoms with E-state index >= 15 is 0 Å². The molecule has 0 atom stereocenters. The van der Waals surface area contributed by atoms with Crippen LogP contribution in [0.15, 0.2) is 36.7 Å². The first-order chi connectivity index (χ1) is 11.3. The fourth-order valence-corrected chi connectivity index (χ4v) is 2.31. The number of carbonyl (C=O) groups excluding carboxylic acids is 1. The van der Waals surface area contributed by atoms with Crippen molar-refractivity contribution in [3.05, 3.63) is 42.2 Å². The summed E-state index contributed by atoms with van der Waals surface area (Å²) in [6.07, 6.45) is 1.45. The number of nitrogens with one attached hydrogen (secondary N) is 1. The topological polar surface area (TPSA) is 76.6 Å². The van der Waals surface area contributed by atoms with E-state index in [1.165, 1.54) is 6.33 Å². The molecule has 3 rings (SSSR count). The van der Waals surface area contributed by atoms with Crippen molar-refractivity contribution in [3.63, 3.8) is 0 Å². The molecule has 2 aromatic rings. The molecule has 0 unspecified atom stereocenters. The maximum Gasteiger partial charge on any atom is 0.256 e.